The highest BCUT2D eigenvalue weighted by Gasteiger charge is 2.81. The predicted octanol–water partition coefficient (Wildman–Crippen LogP) is 11.6. The number of benzene rings is 2. The third-order valence-corrected chi connectivity index (χ3v) is 12.2. The zero-order chi connectivity index (χ0) is 31.9. The summed E-state index contributed by atoms with van der Waals surface area (Å²) in [5.74, 6) is -16.1. The van der Waals surface area contributed by atoms with Gasteiger partial charge in [0.25, 0.3) is 0 Å². The molecule has 2 unspecified atom stereocenters. The van der Waals surface area contributed by atoms with Crippen LogP contribution >= 0.6 is 22.7 Å². The molecule has 1 spiro atoms. The Morgan fingerprint density at radius 2 is 1.00 bits per heavy atom. The van der Waals surface area contributed by atoms with Crippen molar-refractivity contribution in [3.8, 4) is 31.0 Å². The first-order valence-electron chi connectivity index (χ1n) is 15.6. The molecule has 2 nitrogen and oxygen atoms in total. The monoisotopic (exact) mass is 672 g/mol. The summed E-state index contributed by atoms with van der Waals surface area (Å²) < 4.78 is 109. The van der Waals surface area contributed by atoms with E-state index in [1.165, 1.54) is 12.1 Å². The minimum atomic E-state index is -5.69. The molecule has 0 amide bonds. The molecule has 0 saturated heterocycles. The highest BCUT2D eigenvalue weighted by atomic mass is 32.1. The van der Waals surface area contributed by atoms with Gasteiger partial charge in [-0.15, -0.1) is 0 Å². The van der Waals surface area contributed by atoms with Crippen LogP contribution in [0.4, 0.5) is 26.3 Å². The quantitative estimate of drug-likeness (QED) is 0.197. The average molecular weight is 673 g/mol. The summed E-state index contributed by atoms with van der Waals surface area (Å²) >= 11 is 2.07. The molecule has 8 rings (SSSR count). The Kier molecular flexibility index (Phi) is 6.96. The Balaban J connectivity index is 1.43. The fraction of sp³-hybridized carbons (Fsp3) is 0.389. The van der Waals surface area contributed by atoms with E-state index in [0.29, 0.717) is 46.6 Å². The zero-order valence-corrected chi connectivity index (χ0v) is 26.3. The Labute approximate surface area is 270 Å². The van der Waals surface area contributed by atoms with E-state index in [9.17, 15) is 0 Å². The van der Waals surface area contributed by atoms with E-state index < -0.39 is 40.0 Å². The third-order valence-electron chi connectivity index (χ3n) is 10.1. The van der Waals surface area contributed by atoms with Crippen LogP contribution in [-0.4, -0.2) is 30.0 Å². The highest BCUT2D eigenvalue weighted by molar-refractivity contribution is 7.18. The van der Waals surface area contributed by atoms with E-state index in [-0.39, 0.29) is 27.7 Å². The van der Waals surface area contributed by atoms with Gasteiger partial charge in [-0.2, -0.15) is 26.3 Å². The first-order valence-corrected chi connectivity index (χ1v) is 17.2. The van der Waals surface area contributed by atoms with Crippen LogP contribution in [0.1, 0.15) is 62.5 Å². The lowest BCUT2D eigenvalue weighted by Crippen LogP contribution is -2.49. The molecule has 0 radical (unpaired) electrons. The van der Waals surface area contributed by atoms with Crippen LogP contribution in [-0.2, 0) is 0 Å². The van der Waals surface area contributed by atoms with Crippen molar-refractivity contribution in [1.29, 1.82) is 0 Å². The zero-order valence-electron chi connectivity index (χ0n) is 24.6. The van der Waals surface area contributed by atoms with Crippen LogP contribution in [0.25, 0.3) is 32.0 Å². The van der Waals surface area contributed by atoms with Crippen LogP contribution in [0.3, 0.4) is 0 Å². The maximum Gasteiger partial charge on any atom is 0.380 e. The van der Waals surface area contributed by atoms with E-state index in [1.54, 1.807) is 60.7 Å². The molecule has 2 aromatic heterocycles. The fourth-order valence-corrected chi connectivity index (χ4v) is 10.1. The van der Waals surface area contributed by atoms with Gasteiger partial charge >= 0.3 is 17.8 Å². The van der Waals surface area contributed by atoms with Crippen molar-refractivity contribution in [3.05, 3.63) is 83.9 Å². The summed E-state index contributed by atoms with van der Waals surface area (Å²) in [5.41, 5.74) is -2.43. The number of rotatable bonds is 2. The van der Waals surface area contributed by atoms with Gasteiger partial charge < -0.3 is 9.47 Å². The number of hydrogen-bond acceptors (Lipinski definition) is 4. The van der Waals surface area contributed by atoms with Gasteiger partial charge in [-0.25, -0.2) is 0 Å². The van der Waals surface area contributed by atoms with Crippen LogP contribution < -0.4 is 9.47 Å². The minimum absolute atomic E-state index is 0.0332. The summed E-state index contributed by atoms with van der Waals surface area (Å²) in [7, 11) is 0. The summed E-state index contributed by atoms with van der Waals surface area (Å²) in [5, 5.41) is -0.0664. The number of fused-ring (bicyclic) bond motifs is 6. The van der Waals surface area contributed by atoms with E-state index in [2.05, 4.69) is 0 Å². The molecule has 4 aliphatic rings. The van der Waals surface area contributed by atoms with Crippen LogP contribution in [0.15, 0.2) is 72.8 Å². The van der Waals surface area contributed by atoms with Crippen LogP contribution in [0.5, 0.6) is 10.1 Å². The van der Waals surface area contributed by atoms with Gasteiger partial charge in [0, 0.05) is 32.0 Å². The Morgan fingerprint density at radius 1 is 0.587 bits per heavy atom. The standard InChI is InChI=1S/C36H30F6O2S2/c37-34(38)29-25-17-27(21-9-3-1-4-10-21)45-31(25)43-23-13-7-15-33(19-23)16-8-14-24(20-33)44-32-26(30(29)35(39,40)36(34,41)42)18-28(46-32)22-11-5-2-6-12-22/h1-6,9-12,17-18,23-24H,7-8,13-16,19-20H2. The molecule has 46 heavy (non-hydrogen) atoms. The highest BCUT2D eigenvalue weighted by Crippen LogP contribution is 2.68. The molecule has 2 atom stereocenters. The second kappa shape index (κ2) is 10.6. The molecule has 2 saturated carbocycles. The number of ether oxygens (including phenoxy) is 2. The number of thiophene rings is 2. The predicted molar refractivity (Wildman–Crippen MR) is 169 cm³/mol. The van der Waals surface area contributed by atoms with Gasteiger partial charge in [0.2, 0.25) is 0 Å². The second-order valence-electron chi connectivity index (χ2n) is 13.0. The SMILES string of the molecule is FC1(F)C2=C(c3cc(-c4ccccc4)sc3OC3CCCC4(CCCC(C4)Oc4sc(-c5ccccc5)cc42)C3)C(F)(F)C1(F)F. The number of alkyl halides is 6. The molecule has 1 aliphatic heterocycles. The van der Waals surface area contributed by atoms with Crippen molar-refractivity contribution < 1.29 is 35.8 Å². The average Bonchev–Trinajstić information content (AvgIpc) is 3.66. The van der Waals surface area contributed by atoms with Crippen LogP contribution in [0, 0.1) is 5.41 Å². The van der Waals surface area contributed by atoms with Crippen molar-refractivity contribution in [2.24, 2.45) is 5.41 Å². The van der Waals surface area contributed by atoms with Crippen molar-refractivity contribution in [2.75, 3.05) is 0 Å². The molecule has 0 N–H and O–H groups in total. The van der Waals surface area contributed by atoms with Crippen molar-refractivity contribution in [2.45, 2.75) is 81.3 Å². The topological polar surface area (TPSA) is 18.5 Å². The maximum absolute atomic E-state index is 16.2. The number of allylic oxidation sites excluding steroid dienone is 2. The molecule has 2 fully saturated rings. The largest absolute Gasteiger partial charge is 0.480 e. The fourth-order valence-electron chi connectivity index (χ4n) is 7.89. The minimum Gasteiger partial charge on any atom is -0.480 e. The molecule has 3 bridgehead atoms. The van der Waals surface area contributed by atoms with Gasteiger partial charge in [-0.3, -0.25) is 0 Å². The normalized spacial score (nSPS) is 27.5. The van der Waals surface area contributed by atoms with Gasteiger partial charge in [0.05, 0.1) is 0 Å². The molecule has 10 heteroatoms. The smallest absolute Gasteiger partial charge is 0.380 e. The van der Waals surface area contributed by atoms with Crippen molar-refractivity contribution in [1.82, 2.24) is 0 Å². The lowest BCUT2D eigenvalue weighted by atomic mass is 9.64. The Bertz CT molecular complexity index is 1680. The van der Waals surface area contributed by atoms with Gasteiger partial charge in [0.1, 0.15) is 12.2 Å². The summed E-state index contributed by atoms with van der Waals surface area (Å²) in [6.07, 6.45) is 5.53. The second-order valence-corrected chi connectivity index (χ2v) is 15.0. The van der Waals surface area contributed by atoms with Gasteiger partial charge in [0.15, 0.2) is 10.1 Å². The summed E-state index contributed by atoms with van der Waals surface area (Å²) in [6, 6.07) is 20.3. The van der Waals surface area contributed by atoms with Crippen LogP contribution in [0.2, 0.25) is 0 Å². The Hall–Kier alpha value is -3.24. The first-order chi connectivity index (χ1) is 22.0. The van der Waals surface area contributed by atoms with Gasteiger partial charge in [-0.05, 0) is 80.0 Å². The molecule has 240 valence electrons. The van der Waals surface area contributed by atoms with Crippen molar-refractivity contribution in [3.63, 3.8) is 0 Å². The van der Waals surface area contributed by atoms with E-state index in [1.807, 2.05) is 0 Å². The van der Waals surface area contributed by atoms with E-state index >= 15 is 26.3 Å². The number of hydrogen-bond donors (Lipinski definition) is 0. The van der Waals surface area contributed by atoms with Crippen molar-refractivity contribution >= 4 is 33.8 Å². The molecular weight excluding hydrogens is 643 g/mol. The number of halogens is 6. The molecular formula is C36H30F6O2S2. The maximum atomic E-state index is 16.2. The molecule has 3 aliphatic carbocycles. The molecule has 2 aromatic carbocycles. The molecule has 3 heterocycles. The summed E-state index contributed by atoms with van der Waals surface area (Å²) in [4.78, 5) is 0.933. The molecule has 4 aromatic rings. The van der Waals surface area contributed by atoms with Gasteiger partial charge in [-0.1, -0.05) is 83.3 Å². The lowest BCUT2D eigenvalue weighted by Gasteiger charge is -2.45. The van der Waals surface area contributed by atoms with E-state index in [0.717, 1.165) is 48.4 Å². The first kappa shape index (κ1) is 30.1. The summed E-state index contributed by atoms with van der Waals surface area (Å²) in [6.45, 7) is 0. The van der Waals surface area contributed by atoms with E-state index in [4.69, 9.17) is 9.47 Å². The third kappa shape index (κ3) is 4.57. The lowest BCUT2D eigenvalue weighted by molar-refractivity contribution is -0.254. The Morgan fingerprint density at radius 3 is 1.41 bits per heavy atom.